The van der Waals surface area contributed by atoms with Crippen LogP contribution >= 0.6 is 0 Å². The Morgan fingerprint density at radius 2 is 1.84 bits per heavy atom. The van der Waals surface area contributed by atoms with E-state index in [4.69, 9.17) is 4.74 Å². The molecule has 0 aliphatic carbocycles. The summed E-state index contributed by atoms with van der Waals surface area (Å²) in [5, 5.41) is 4.14. The fourth-order valence-corrected chi connectivity index (χ4v) is 1.80. The lowest BCUT2D eigenvalue weighted by molar-refractivity contribution is -0.275. The lowest BCUT2D eigenvalue weighted by Crippen LogP contribution is -2.30. The van der Waals surface area contributed by atoms with Gasteiger partial charge >= 0.3 is 6.36 Å². The fraction of sp³-hybridized carbons (Fsp3) is 0.500. The minimum absolute atomic E-state index is 0.110. The maximum atomic E-state index is 13.2. The summed E-state index contributed by atoms with van der Waals surface area (Å²) in [5.41, 5.74) is 0. The molecule has 105 valence electrons. The number of alkyl halides is 3. The van der Waals surface area contributed by atoms with E-state index >= 15 is 0 Å². The number of halogens is 4. The number of nitrogens with zero attached hydrogens (tertiary/aromatic N) is 1. The van der Waals surface area contributed by atoms with Gasteiger partial charge in [-0.05, 0) is 25.0 Å². The van der Waals surface area contributed by atoms with E-state index in [1.54, 1.807) is 0 Å². The van der Waals surface area contributed by atoms with Gasteiger partial charge in [-0.3, -0.25) is 0 Å². The molecule has 0 aromatic heterocycles. The van der Waals surface area contributed by atoms with Gasteiger partial charge in [0.2, 0.25) is 0 Å². The summed E-state index contributed by atoms with van der Waals surface area (Å²) in [4.78, 5) is 0. The van der Waals surface area contributed by atoms with Crippen molar-refractivity contribution in [2.24, 2.45) is 0 Å². The lowest BCUT2D eigenvalue weighted by atomic mass is 10.1. The molecule has 0 bridgehead atoms. The van der Waals surface area contributed by atoms with E-state index in [2.05, 4.69) is 10.1 Å². The van der Waals surface area contributed by atoms with Crippen molar-refractivity contribution in [1.29, 1.82) is 0 Å². The van der Waals surface area contributed by atoms with E-state index in [0.29, 0.717) is 25.9 Å². The van der Waals surface area contributed by atoms with Gasteiger partial charge in [-0.2, -0.15) is 0 Å². The highest BCUT2D eigenvalue weighted by Crippen LogP contribution is 2.30. The van der Waals surface area contributed by atoms with Gasteiger partial charge in [-0.1, -0.05) is 0 Å². The van der Waals surface area contributed by atoms with E-state index in [0.717, 1.165) is 12.1 Å². The Labute approximate surface area is 107 Å². The maximum Gasteiger partial charge on any atom is 0.573 e. The topological polar surface area (TPSA) is 32.6 Å². The summed E-state index contributed by atoms with van der Waals surface area (Å²) in [6.45, 7) is 1.33. The molecular weight excluding hydrogens is 266 g/mol. The quantitative estimate of drug-likeness (QED) is 0.796. The Balaban J connectivity index is 2.07. The third kappa shape index (κ3) is 4.27. The number of ether oxygens (including phenoxy) is 2. The molecule has 1 fully saturated rings. The molecule has 1 radical (unpaired) electrons. The van der Waals surface area contributed by atoms with E-state index in [-0.39, 0.29) is 11.9 Å². The van der Waals surface area contributed by atoms with Crippen molar-refractivity contribution in [2.45, 2.75) is 25.3 Å². The summed E-state index contributed by atoms with van der Waals surface area (Å²) in [5.74, 6) is -1.80. The summed E-state index contributed by atoms with van der Waals surface area (Å²) < 4.78 is 58.5. The van der Waals surface area contributed by atoms with Crippen molar-refractivity contribution in [2.75, 3.05) is 13.1 Å². The molecule has 0 amide bonds. The third-order valence-electron chi connectivity index (χ3n) is 2.65. The number of piperidine rings is 1. The second kappa shape index (κ2) is 5.64. The van der Waals surface area contributed by atoms with Crippen molar-refractivity contribution in [3.05, 3.63) is 24.0 Å². The molecule has 1 aromatic carbocycles. The van der Waals surface area contributed by atoms with Crippen molar-refractivity contribution >= 4 is 0 Å². The van der Waals surface area contributed by atoms with Gasteiger partial charge < -0.3 is 9.47 Å². The Morgan fingerprint density at radius 3 is 2.47 bits per heavy atom. The molecule has 1 saturated heterocycles. The van der Waals surface area contributed by atoms with Gasteiger partial charge in [-0.15, -0.1) is 13.2 Å². The standard InChI is InChI=1S/C12H12F4NO2/c13-10-2-1-9(7-11(10)19-12(14,15)16)18-8-3-5-17-6-4-8/h1-2,7-8H,3-6H2. The van der Waals surface area contributed by atoms with Crippen LogP contribution in [0.15, 0.2) is 18.2 Å². The van der Waals surface area contributed by atoms with E-state index in [1.807, 2.05) is 0 Å². The predicted octanol–water partition coefficient (Wildman–Crippen LogP) is 2.87. The Bertz CT molecular complexity index is 430. The molecule has 0 atom stereocenters. The second-order valence-corrected chi connectivity index (χ2v) is 4.13. The molecule has 1 aliphatic rings. The zero-order valence-electron chi connectivity index (χ0n) is 9.91. The Kier molecular flexibility index (Phi) is 4.14. The first kappa shape index (κ1) is 13.9. The molecule has 3 nitrogen and oxygen atoms in total. The zero-order chi connectivity index (χ0) is 13.9. The smallest absolute Gasteiger partial charge is 0.490 e. The van der Waals surface area contributed by atoms with Gasteiger partial charge in [0, 0.05) is 19.2 Å². The SMILES string of the molecule is Fc1ccc(OC2CC[N]CC2)cc1OC(F)(F)F. The first-order chi connectivity index (χ1) is 8.94. The molecule has 19 heavy (non-hydrogen) atoms. The molecule has 0 saturated carbocycles. The number of hydrogen-bond acceptors (Lipinski definition) is 2. The molecule has 2 rings (SSSR count). The van der Waals surface area contributed by atoms with Gasteiger partial charge in [0.05, 0.1) is 0 Å². The molecule has 0 N–H and O–H groups in total. The maximum absolute atomic E-state index is 13.2. The van der Waals surface area contributed by atoms with E-state index in [1.165, 1.54) is 6.07 Å². The summed E-state index contributed by atoms with van der Waals surface area (Å²) in [6, 6.07) is 3.09. The molecule has 1 aliphatic heterocycles. The molecule has 0 spiro atoms. The van der Waals surface area contributed by atoms with Crippen molar-refractivity contribution < 1.29 is 27.0 Å². The van der Waals surface area contributed by atoms with Gasteiger partial charge in [0.1, 0.15) is 11.9 Å². The van der Waals surface area contributed by atoms with E-state index in [9.17, 15) is 17.6 Å². The van der Waals surface area contributed by atoms with Crippen molar-refractivity contribution in [1.82, 2.24) is 5.32 Å². The van der Waals surface area contributed by atoms with Gasteiger partial charge in [0.25, 0.3) is 0 Å². The van der Waals surface area contributed by atoms with Crippen LogP contribution in [0.5, 0.6) is 11.5 Å². The van der Waals surface area contributed by atoms with Crippen LogP contribution in [0.2, 0.25) is 0 Å². The van der Waals surface area contributed by atoms with Crippen molar-refractivity contribution in [3.8, 4) is 11.5 Å². The zero-order valence-corrected chi connectivity index (χ0v) is 9.91. The number of benzene rings is 1. The van der Waals surface area contributed by atoms with E-state index < -0.39 is 17.9 Å². The first-order valence-corrected chi connectivity index (χ1v) is 5.79. The van der Waals surface area contributed by atoms with Crippen LogP contribution in [0.3, 0.4) is 0 Å². The third-order valence-corrected chi connectivity index (χ3v) is 2.65. The van der Waals surface area contributed by atoms with Crippen LogP contribution in [-0.4, -0.2) is 25.6 Å². The molecule has 7 heteroatoms. The first-order valence-electron chi connectivity index (χ1n) is 5.79. The lowest BCUT2D eigenvalue weighted by Gasteiger charge is -2.23. The van der Waals surface area contributed by atoms with Crippen LogP contribution < -0.4 is 14.8 Å². The summed E-state index contributed by atoms with van der Waals surface area (Å²) >= 11 is 0. The molecule has 1 aromatic rings. The Morgan fingerprint density at radius 1 is 1.16 bits per heavy atom. The highest BCUT2D eigenvalue weighted by atomic mass is 19.4. The molecule has 0 unspecified atom stereocenters. The molecule has 1 heterocycles. The van der Waals surface area contributed by atoms with Crippen LogP contribution in [0.4, 0.5) is 17.6 Å². The number of rotatable bonds is 3. The fourth-order valence-electron chi connectivity index (χ4n) is 1.80. The van der Waals surface area contributed by atoms with Gasteiger partial charge in [-0.25, -0.2) is 9.71 Å². The van der Waals surface area contributed by atoms with Crippen LogP contribution in [0.25, 0.3) is 0 Å². The van der Waals surface area contributed by atoms with Crippen LogP contribution in [0.1, 0.15) is 12.8 Å². The molecular formula is C12H12F4NO2. The van der Waals surface area contributed by atoms with Crippen LogP contribution in [-0.2, 0) is 0 Å². The average molecular weight is 278 g/mol. The minimum atomic E-state index is -4.93. The largest absolute Gasteiger partial charge is 0.573 e. The highest BCUT2D eigenvalue weighted by Gasteiger charge is 2.32. The average Bonchev–Trinajstić information content (AvgIpc) is 2.33. The monoisotopic (exact) mass is 278 g/mol. The van der Waals surface area contributed by atoms with Gasteiger partial charge in [0.15, 0.2) is 11.6 Å². The number of hydrogen-bond donors (Lipinski definition) is 0. The Hall–Kier alpha value is -1.50. The highest BCUT2D eigenvalue weighted by molar-refractivity contribution is 5.34. The second-order valence-electron chi connectivity index (χ2n) is 4.13. The van der Waals surface area contributed by atoms with Crippen molar-refractivity contribution in [3.63, 3.8) is 0 Å². The minimum Gasteiger partial charge on any atom is -0.490 e. The predicted molar refractivity (Wildman–Crippen MR) is 58.6 cm³/mol. The van der Waals surface area contributed by atoms with Crippen LogP contribution in [0, 0.1) is 5.82 Å². The normalized spacial score (nSPS) is 17.3. The summed E-state index contributed by atoms with van der Waals surface area (Å²) in [6.07, 6.45) is -3.63. The summed E-state index contributed by atoms with van der Waals surface area (Å²) in [7, 11) is 0.